The highest BCUT2D eigenvalue weighted by Crippen LogP contribution is 2.47. The lowest BCUT2D eigenvalue weighted by Gasteiger charge is -2.57. The van der Waals surface area contributed by atoms with Crippen LogP contribution in [0.3, 0.4) is 0 Å². The summed E-state index contributed by atoms with van der Waals surface area (Å²) in [5.41, 5.74) is 0.450. The summed E-state index contributed by atoms with van der Waals surface area (Å²) in [6, 6.07) is 8.01. The third-order valence-corrected chi connectivity index (χ3v) is 7.31. The molecule has 156 valence electrons. The van der Waals surface area contributed by atoms with E-state index >= 15 is 0 Å². The number of aryl methyl sites for hydroxylation is 1. The van der Waals surface area contributed by atoms with E-state index in [0.717, 1.165) is 22.9 Å². The largest absolute Gasteiger partial charge is 0.491 e. The summed E-state index contributed by atoms with van der Waals surface area (Å²) < 4.78 is 20.9. The number of hydrogen-bond donors (Lipinski definition) is 0. The first-order chi connectivity index (χ1) is 14.5. The van der Waals surface area contributed by atoms with E-state index < -0.39 is 0 Å². The topological polar surface area (TPSA) is 60.3 Å². The second-order valence-electron chi connectivity index (χ2n) is 8.13. The van der Waals surface area contributed by atoms with Crippen LogP contribution in [-0.2, 0) is 0 Å². The number of benzene rings is 1. The van der Waals surface area contributed by atoms with Gasteiger partial charge in [0.05, 0.1) is 11.0 Å². The fraction of sp³-hybridized carbons (Fsp3) is 0.409. The molecule has 6 nitrogen and oxygen atoms in total. The number of amides is 1. The van der Waals surface area contributed by atoms with E-state index in [9.17, 15) is 9.18 Å². The number of aromatic nitrogens is 3. The Morgan fingerprint density at radius 2 is 2.07 bits per heavy atom. The minimum absolute atomic E-state index is 0.0486. The molecule has 3 fully saturated rings. The number of piperidine rings is 2. The Morgan fingerprint density at radius 3 is 2.77 bits per heavy atom. The van der Waals surface area contributed by atoms with Crippen LogP contribution < -0.4 is 4.74 Å². The Hall–Kier alpha value is -2.74. The zero-order valence-corrected chi connectivity index (χ0v) is 17.7. The van der Waals surface area contributed by atoms with Crippen LogP contribution in [0.1, 0.15) is 35.3 Å². The van der Waals surface area contributed by atoms with Gasteiger partial charge in [0.25, 0.3) is 5.91 Å². The molecule has 3 aliphatic rings. The lowest BCUT2D eigenvalue weighted by atomic mass is 9.64. The van der Waals surface area contributed by atoms with E-state index in [1.54, 1.807) is 23.0 Å². The number of thiazole rings is 1. The van der Waals surface area contributed by atoms with E-state index in [2.05, 4.69) is 17.0 Å². The van der Waals surface area contributed by atoms with E-state index in [-0.39, 0.29) is 23.8 Å². The summed E-state index contributed by atoms with van der Waals surface area (Å²) in [7, 11) is 0. The minimum atomic E-state index is -0.295. The number of carbonyl (C=O) groups is 1. The number of halogens is 1. The maximum absolute atomic E-state index is 13.7. The highest BCUT2D eigenvalue weighted by atomic mass is 32.1. The van der Waals surface area contributed by atoms with Gasteiger partial charge in [0.15, 0.2) is 10.7 Å². The molecule has 1 aliphatic carbocycles. The van der Waals surface area contributed by atoms with Gasteiger partial charge in [-0.1, -0.05) is 18.3 Å². The molecular weight excluding hydrogens is 403 g/mol. The first kappa shape index (κ1) is 19.2. The normalized spacial score (nSPS) is 25.1. The number of fused-ring (bicyclic) bond motifs is 2. The molecule has 2 saturated heterocycles. The highest BCUT2D eigenvalue weighted by molar-refractivity contribution is 7.14. The predicted molar refractivity (Wildman–Crippen MR) is 112 cm³/mol. The van der Waals surface area contributed by atoms with Crippen LogP contribution >= 0.6 is 11.3 Å². The van der Waals surface area contributed by atoms with Crippen molar-refractivity contribution in [2.45, 2.75) is 38.8 Å². The van der Waals surface area contributed by atoms with Crippen LogP contribution in [0, 0.1) is 24.6 Å². The monoisotopic (exact) mass is 426 g/mol. The Labute approximate surface area is 178 Å². The van der Waals surface area contributed by atoms with Crippen molar-refractivity contribution in [1.29, 1.82) is 0 Å². The Kier molecular flexibility index (Phi) is 4.81. The second-order valence-corrected chi connectivity index (χ2v) is 9.31. The average molecular weight is 427 g/mol. The SMILES string of the molecule is Cc1nc(C(=O)N2C3CC(C3)[C@@H](C)[C@H]2COc2ccc(F)cc2)c(-n2cccn2)s1. The molecule has 1 amide bonds. The van der Waals surface area contributed by atoms with Gasteiger partial charge in [-0.15, -0.1) is 0 Å². The van der Waals surface area contributed by atoms with Gasteiger partial charge in [0, 0.05) is 18.4 Å². The molecule has 0 unspecified atom stereocenters. The van der Waals surface area contributed by atoms with Crippen molar-refractivity contribution >= 4 is 17.2 Å². The average Bonchev–Trinajstić information content (AvgIpc) is 3.35. The number of carbonyl (C=O) groups excluding carboxylic acids is 1. The van der Waals surface area contributed by atoms with Crippen molar-refractivity contribution in [2.24, 2.45) is 11.8 Å². The molecule has 3 aromatic rings. The van der Waals surface area contributed by atoms with E-state index in [1.165, 1.54) is 23.5 Å². The Balaban J connectivity index is 1.42. The van der Waals surface area contributed by atoms with Gasteiger partial charge in [-0.05, 0) is 61.9 Å². The third kappa shape index (κ3) is 3.29. The number of nitrogens with zero attached hydrogens (tertiary/aromatic N) is 4. The fourth-order valence-electron chi connectivity index (χ4n) is 4.61. The van der Waals surface area contributed by atoms with Crippen LogP contribution in [0.2, 0.25) is 0 Å². The molecule has 2 atom stereocenters. The van der Waals surface area contributed by atoms with Crippen molar-refractivity contribution < 1.29 is 13.9 Å². The van der Waals surface area contributed by atoms with E-state index in [0.29, 0.717) is 29.9 Å². The molecule has 6 rings (SSSR count). The third-order valence-electron chi connectivity index (χ3n) is 6.35. The molecule has 30 heavy (non-hydrogen) atoms. The van der Waals surface area contributed by atoms with Crippen LogP contribution in [0.5, 0.6) is 5.75 Å². The molecule has 0 spiro atoms. The van der Waals surface area contributed by atoms with Gasteiger partial charge < -0.3 is 9.64 Å². The van der Waals surface area contributed by atoms with Crippen LogP contribution in [0.15, 0.2) is 42.7 Å². The van der Waals surface area contributed by atoms with Crippen LogP contribution in [-0.4, -0.2) is 44.3 Å². The summed E-state index contributed by atoms with van der Waals surface area (Å²) in [5, 5.41) is 5.87. The summed E-state index contributed by atoms with van der Waals surface area (Å²) in [4.78, 5) is 20.2. The first-order valence-corrected chi connectivity index (χ1v) is 11.0. The quantitative estimate of drug-likeness (QED) is 0.617. The lowest BCUT2D eigenvalue weighted by Crippen LogP contribution is -2.64. The predicted octanol–water partition coefficient (Wildman–Crippen LogP) is 4.09. The van der Waals surface area contributed by atoms with Gasteiger partial charge in [0.1, 0.15) is 18.2 Å². The second kappa shape index (κ2) is 7.50. The molecule has 1 aromatic carbocycles. The number of hydrogen-bond acceptors (Lipinski definition) is 5. The lowest BCUT2D eigenvalue weighted by molar-refractivity contribution is -0.0672. The highest BCUT2D eigenvalue weighted by Gasteiger charge is 2.51. The van der Waals surface area contributed by atoms with Crippen LogP contribution in [0.4, 0.5) is 4.39 Å². The fourth-order valence-corrected chi connectivity index (χ4v) is 5.46. The van der Waals surface area contributed by atoms with Gasteiger partial charge in [-0.3, -0.25) is 4.79 Å². The molecule has 0 N–H and O–H groups in total. The zero-order chi connectivity index (χ0) is 20.8. The molecule has 2 aliphatic heterocycles. The number of rotatable bonds is 5. The van der Waals surface area contributed by atoms with Crippen LogP contribution in [0.25, 0.3) is 5.00 Å². The molecule has 2 bridgehead atoms. The first-order valence-electron chi connectivity index (χ1n) is 10.2. The molecule has 8 heteroatoms. The summed E-state index contributed by atoms with van der Waals surface area (Å²) in [6.07, 6.45) is 5.58. The summed E-state index contributed by atoms with van der Waals surface area (Å²) in [6.45, 7) is 4.48. The Bertz CT molecular complexity index is 1040. The van der Waals surface area contributed by atoms with Crippen molar-refractivity contribution in [3.05, 3.63) is 59.2 Å². The molecule has 1 saturated carbocycles. The van der Waals surface area contributed by atoms with Gasteiger partial charge >= 0.3 is 0 Å². The van der Waals surface area contributed by atoms with E-state index in [4.69, 9.17) is 4.74 Å². The maximum Gasteiger partial charge on any atom is 0.276 e. The number of ether oxygens (including phenoxy) is 1. The minimum Gasteiger partial charge on any atom is -0.491 e. The Morgan fingerprint density at radius 1 is 1.30 bits per heavy atom. The molecule has 4 heterocycles. The molecule has 2 aromatic heterocycles. The van der Waals surface area contributed by atoms with Crippen molar-refractivity contribution in [3.63, 3.8) is 0 Å². The van der Waals surface area contributed by atoms with E-state index in [1.807, 2.05) is 24.1 Å². The zero-order valence-electron chi connectivity index (χ0n) is 16.9. The standard InChI is InChI=1S/C22H23FN4O2S/c1-13-15-10-17(11-15)27(19(13)12-29-18-6-4-16(23)5-7-18)21(28)20-22(30-14(2)25-20)26-9-3-8-24-26/h3-9,13,15,17,19H,10-12H2,1-2H3/t13-,15?,17?,19-/m1/s1. The molecular formula is C22H23FN4O2S. The van der Waals surface area contributed by atoms with Gasteiger partial charge in [-0.2, -0.15) is 5.10 Å². The summed E-state index contributed by atoms with van der Waals surface area (Å²) >= 11 is 1.47. The van der Waals surface area contributed by atoms with Gasteiger partial charge in [-0.25, -0.2) is 14.1 Å². The smallest absolute Gasteiger partial charge is 0.276 e. The van der Waals surface area contributed by atoms with Crippen molar-refractivity contribution in [3.8, 4) is 10.8 Å². The maximum atomic E-state index is 13.7. The van der Waals surface area contributed by atoms with Gasteiger partial charge in [0.2, 0.25) is 0 Å². The summed E-state index contributed by atoms with van der Waals surface area (Å²) in [5.74, 6) is 1.19. The van der Waals surface area contributed by atoms with Crippen molar-refractivity contribution in [1.82, 2.24) is 19.7 Å². The molecule has 0 radical (unpaired) electrons. The van der Waals surface area contributed by atoms with Crippen molar-refractivity contribution in [2.75, 3.05) is 6.61 Å².